The van der Waals surface area contributed by atoms with Crippen LogP contribution in [0, 0.1) is 35.5 Å². The Morgan fingerprint density at radius 1 is 0.733 bits per heavy atom. The summed E-state index contributed by atoms with van der Waals surface area (Å²) in [5.41, 5.74) is 0. The molecule has 3 fully saturated rings. The van der Waals surface area contributed by atoms with Gasteiger partial charge >= 0.3 is 0 Å². The first-order valence-electron chi connectivity index (χ1n) is 16.2. The van der Waals surface area contributed by atoms with Gasteiger partial charge in [0.15, 0.2) is 6.29 Å². The topological polar surface area (TPSA) is 196 Å². The molecule has 2 saturated carbocycles. The summed E-state index contributed by atoms with van der Waals surface area (Å²) in [6.07, 6.45) is 2.76. The molecule has 0 aromatic rings. The van der Waals surface area contributed by atoms with Crippen molar-refractivity contribution < 1.29 is 54.1 Å². The molecule has 4 unspecified atom stereocenters. The van der Waals surface area contributed by atoms with Crippen LogP contribution >= 0.6 is 0 Å². The van der Waals surface area contributed by atoms with E-state index < -0.39 is 37.3 Å². The number of hydrogen-bond acceptors (Lipinski definition) is 11. The first-order valence-corrected chi connectivity index (χ1v) is 16.2. The molecule has 0 bridgehead atoms. The van der Waals surface area contributed by atoms with Crippen LogP contribution in [0.4, 0.5) is 0 Å². The van der Waals surface area contributed by atoms with Crippen molar-refractivity contribution in [2.75, 3.05) is 59.3 Å². The largest absolute Gasteiger partial charge is 0.395 e. The third-order valence-electron chi connectivity index (χ3n) is 9.37. The first kappa shape index (κ1) is 37.5. The summed E-state index contributed by atoms with van der Waals surface area (Å²) in [7, 11) is 0. The van der Waals surface area contributed by atoms with Crippen LogP contribution < -0.4 is 10.6 Å². The lowest BCUT2D eigenvalue weighted by Crippen LogP contribution is -2.59. The molecule has 45 heavy (non-hydrogen) atoms. The SMILES string of the molecule is C=CC1CC(CCC2CC(C=C)[C@H](C(=O)NCCOCCOCCO[C@@H]3O[C@H](CO)[C@H](O)[C@H](O)[C@H]3O)C2)C[C@@H]1C(=O)NCCO. The Bertz CT molecular complexity index is 922. The van der Waals surface area contributed by atoms with E-state index in [-0.39, 0.29) is 68.5 Å². The van der Waals surface area contributed by atoms with Gasteiger partial charge in [0, 0.05) is 24.9 Å². The van der Waals surface area contributed by atoms with Gasteiger partial charge in [-0.1, -0.05) is 25.0 Å². The summed E-state index contributed by atoms with van der Waals surface area (Å²) in [6.45, 7) is 9.13. The highest BCUT2D eigenvalue weighted by Crippen LogP contribution is 2.44. The molecule has 0 spiro atoms. The standard InChI is InChI=1S/C32H54N2O11/c1-3-22-15-20(17-24(22)30(40)33-7-9-35)5-6-21-16-23(4-2)25(18-21)31(41)34-8-10-42-11-12-43-13-14-44-32-29(39)28(38)27(37)26(19-36)45-32/h3-4,20-29,32,35-39H,1-2,5-19H2,(H,33,40)(H,34,41)/t20?,21?,22?,23?,24-,25+,26+,27-,28-,29+,32+/m0/s1. The zero-order valence-corrected chi connectivity index (χ0v) is 26.2. The molecule has 258 valence electrons. The molecule has 1 saturated heterocycles. The van der Waals surface area contributed by atoms with Crippen molar-refractivity contribution in [3.63, 3.8) is 0 Å². The number of rotatable bonds is 20. The smallest absolute Gasteiger partial charge is 0.223 e. The van der Waals surface area contributed by atoms with Crippen LogP contribution in [0.25, 0.3) is 0 Å². The molecule has 0 aromatic heterocycles. The van der Waals surface area contributed by atoms with Gasteiger partial charge in [-0.25, -0.2) is 0 Å². The molecule has 2 amide bonds. The third-order valence-corrected chi connectivity index (χ3v) is 9.37. The Morgan fingerprint density at radius 3 is 1.80 bits per heavy atom. The van der Waals surface area contributed by atoms with Gasteiger partial charge < -0.3 is 55.1 Å². The minimum atomic E-state index is -1.49. The normalized spacial score (nSPS) is 34.8. The van der Waals surface area contributed by atoms with E-state index in [1.165, 1.54) is 0 Å². The fourth-order valence-corrected chi connectivity index (χ4v) is 6.86. The average molecular weight is 643 g/mol. The van der Waals surface area contributed by atoms with E-state index in [1.54, 1.807) is 0 Å². The first-order chi connectivity index (χ1) is 21.7. The molecule has 13 heteroatoms. The predicted molar refractivity (Wildman–Crippen MR) is 163 cm³/mol. The fourth-order valence-electron chi connectivity index (χ4n) is 6.86. The molecule has 11 atom stereocenters. The van der Waals surface area contributed by atoms with Crippen molar-refractivity contribution in [3.05, 3.63) is 25.3 Å². The van der Waals surface area contributed by atoms with Crippen LogP contribution in [0.5, 0.6) is 0 Å². The molecular formula is C32H54N2O11. The van der Waals surface area contributed by atoms with Gasteiger partial charge in [0.25, 0.3) is 0 Å². The zero-order chi connectivity index (χ0) is 32.8. The van der Waals surface area contributed by atoms with Crippen LogP contribution in [0.3, 0.4) is 0 Å². The summed E-state index contributed by atoms with van der Waals surface area (Å²) in [5.74, 6) is 0.990. The molecule has 1 heterocycles. The molecule has 2 aliphatic carbocycles. The van der Waals surface area contributed by atoms with Crippen LogP contribution in [0.15, 0.2) is 25.3 Å². The van der Waals surface area contributed by atoms with Crippen molar-refractivity contribution in [2.24, 2.45) is 35.5 Å². The Balaban J connectivity index is 1.24. The Morgan fingerprint density at radius 2 is 1.27 bits per heavy atom. The van der Waals surface area contributed by atoms with E-state index in [0.717, 1.165) is 38.5 Å². The van der Waals surface area contributed by atoms with E-state index >= 15 is 0 Å². The van der Waals surface area contributed by atoms with E-state index in [2.05, 4.69) is 23.8 Å². The van der Waals surface area contributed by atoms with Gasteiger partial charge in [0.2, 0.25) is 11.8 Å². The predicted octanol–water partition coefficient (Wildman–Crippen LogP) is -0.502. The quantitative estimate of drug-likeness (QED) is 0.0668. The van der Waals surface area contributed by atoms with Gasteiger partial charge in [-0.05, 0) is 49.4 Å². The maximum absolute atomic E-state index is 12.9. The van der Waals surface area contributed by atoms with Gasteiger partial charge in [0.1, 0.15) is 24.4 Å². The summed E-state index contributed by atoms with van der Waals surface area (Å²) in [5, 5.41) is 53.6. The summed E-state index contributed by atoms with van der Waals surface area (Å²) < 4.78 is 21.6. The number of ether oxygens (including phenoxy) is 4. The lowest BCUT2D eigenvalue weighted by atomic mass is 9.92. The number of carbonyl (C=O) groups excluding carboxylic acids is 2. The summed E-state index contributed by atoms with van der Waals surface area (Å²) in [6, 6.07) is 0. The maximum Gasteiger partial charge on any atom is 0.223 e. The molecule has 3 rings (SSSR count). The Hall–Kier alpha value is -1.94. The highest BCUT2D eigenvalue weighted by atomic mass is 16.7. The second kappa shape index (κ2) is 19.7. The fraction of sp³-hybridized carbons (Fsp3) is 0.812. The van der Waals surface area contributed by atoms with Gasteiger partial charge in [-0.2, -0.15) is 0 Å². The lowest BCUT2D eigenvalue weighted by Gasteiger charge is -2.39. The highest BCUT2D eigenvalue weighted by molar-refractivity contribution is 5.80. The summed E-state index contributed by atoms with van der Waals surface area (Å²) in [4.78, 5) is 25.4. The Labute approximate surface area is 266 Å². The third kappa shape index (κ3) is 11.1. The van der Waals surface area contributed by atoms with E-state index in [9.17, 15) is 30.0 Å². The van der Waals surface area contributed by atoms with Crippen LogP contribution in [-0.2, 0) is 28.5 Å². The molecular weight excluding hydrogens is 588 g/mol. The molecule has 3 aliphatic rings. The van der Waals surface area contributed by atoms with E-state index in [4.69, 9.17) is 24.1 Å². The number of aliphatic hydroxyl groups is 5. The minimum Gasteiger partial charge on any atom is -0.395 e. The number of aliphatic hydroxyl groups excluding tert-OH is 5. The number of nitrogens with one attached hydrogen (secondary N) is 2. The van der Waals surface area contributed by atoms with Crippen molar-refractivity contribution >= 4 is 11.8 Å². The van der Waals surface area contributed by atoms with Crippen molar-refractivity contribution in [2.45, 2.75) is 69.2 Å². The van der Waals surface area contributed by atoms with Crippen molar-refractivity contribution in [1.82, 2.24) is 10.6 Å². The summed E-state index contributed by atoms with van der Waals surface area (Å²) >= 11 is 0. The van der Waals surface area contributed by atoms with Crippen molar-refractivity contribution in [3.8, 4) is 0 Å². The van der Waals surface area contributed by atoms with Crippen LogP contribution in [0.1, 0.15) is 38.5 Å². The maximum atomic E-state index is 12.9. The van der Waals surface area contributed by atoms with Gasteiger partial charge in [0.05, 0.1) is 46.2 Å². The van der Waals surface area contributed by atoms with Crippen molar-refractivity contribution in [1.29, 1.82) is 0 Å². The molecule has 7 N–H and O–H groups in total. The molecule has 1 aliphatic heterocycles. The second-order valence-electron chi connectivity index (χ2n) is 12.4. The number of carbonyl (C=O) groups is 2. The molecule has 0 aromatic carbocycles. The highest BCUT2D eigenvalue weighted by Gasteiger charge is 2.44. The molecule has 13 nitrogen and oxygen atoms in total. The van der Waals surface area contributed by atoms with Crippen LogP contribution in [0.2, 0.25) is 0 Å². The monoisotopic (exact) mass is 642 g/mol. The van der Waals surface area contributed by atoms with E-state index in [0.29, 0.717) is 31.6 Å². The van der Waals surface area contributed by atoms with Crippen LogP contribution in [-0.4, -0.2) is 127 Å². The lowest BCUT2D eigenvalue weighted by molar-refractivity contribution is -0.302. The Kier molecular flexibility index (Phi) is 16.4. The molecule has 0 radical (unpaired) electrons. The van der Waals surface area contributed by atoms with Gasteiger partial charge in [-0.15, -0.1) is 13.2 Å². The minimum absolute atomic E-state index is 0.00277. The second-order valence-corrected chi connectivity index (χ2v) is 12.4. The number of hydrogen-bond donors (Lipinski definition) is 7. The van der Waals surface area contributed by atoms with E-state index in [1.807, 2.05) is 12.2 Å². The average Bonchev–Trinajstić information content (AvgIpc) is 3.67. The zero-order valence-electron chi connectivity index (χ0n) is 26.2. The number of amides is 2. The van der Waals surface area contributed by atoms with Gasteiger partial charge in [-0.3, -0.25) is 9.59 Å². The number of allylic oxidation sites excluding steroid dienone is 2.